The predicted molar refractivity (Wildman–Crippen MR) is 138 cm³/mol. The Kier molecular flexibility index (Phi) is 6.64. The van der Waals surface area contributed by atoms with Crippen LogP contribution in [-0.2, 0) is 22.7 Å². The fraction of sp³-hybridized carbons (Fsp3) is 0.138. The van der Waals surface area contributed by atoms with Crippen molar-refractivity contribution in [3.05, 3.63) is 123 Å². The molecule has 1 saturated heterocycles. The topological polar surface area (TPSA) is 79.7 Å². The van der Waals surface area contributed by atoms with E-state index in [1.165, 1.54) is 16.2 Å². The Hall–Kier alpha value is -4.23. The molecule has 1 fully saturated rings. The predicted octanol–water partition coefficient (Wildman–Crippen LogP) is 5.65. The SMILES string of the molecule is Cc1cccc(COc2ccc(/C(O)=C3/C(=O)C(=O)N(Cc4cccnc4)C3c3cccs3)cc2)c1. The second-order valence-corrected chi connectivity index (χ2v) is 9.59. The van der Waals surface area contributed by atoms with Crippen LogP contribution < -0.4 is 4.74 Å². The van der Waals surface area contributed by atoms with Crippen molar-refractivity contribution in [1.29, 1.82) is 0 Å². The fourth-order valence-electron chi connectivity index (χ4n) is 4.31. The van der Waals surface area contributed by atoms with Crippen molar-refractivity contribution in [2.75, 3.05) is 0 Å². The molecule has 0 radical (unpaired) electrons. The highest BCUT2D eigenvalue weighted by molar-refractivity contribution is 7.10. The van der Waals surface area contributed by atoms with Crippen LogP contribution in [0.15, 0.2) is 96.1 Å². The average molecular weight is 497 g/mol. The van der Waals surface area contributed by atoms with Gasteiger partial charge >= 0.3 is 0 Å². The van der Waals surface area contributed by atoms with E-state index in [1.807, 2.05) is 48.7 Å². The Morgan fingerprint density at radius 3 is 2.53 bits per heavy atom. The number of hydrogen-bond donors (Lipinski definition) is 1. The number of aromatic nitrogens is 1. The van der Waals surface area contributed by atoms with Gasteiger partial charge in [-0.3, -0.25) is 14.6 Å². The number of aliphatic hydroxyl groups is 1. The van der Waals surface area contributed by atoms with Crippen molar-refractivity contribution in [3.8, 4) is 5.75 Å². The van der Waals surface area contributed by atoms with Crippen LogP contribution in [-0.4, -0.2) is 26.7 Å². The molecule has 6 nitrogen and oxygen atoms in total. The van der Waals surface area contributed by atoms with Crippen LogP contribution in [0.2, 0.25) is 0 Å². The second-order valence-electron chi connectivity index (χ2n) is 8.61. The van der Waals surface area contributed by atoms with E-state index < -0.39 is 17.7 Å². The molecule has 1 unspecified atom stereocenters. The third kappa shape index (κ3) is 4.78. The number of nitrogens with zero attached hydrogens (tertiary/aromatic N) is 2. The molecular weight excluding hydrogens is 472 g/mol. The van der Waals surface area contributed by atoms with Gasteiger partial charge in [-0.15, -0.1) is 11.3 Å². The lowest BCUT2D eigenvalue weighted by Crippen LogP contribution is -2.28. The molecule has 3 heterocycles. The van der Waals surface area contributed by atoms with Crippen molar-refractivity contribution in [2.24, 2.45) is 0 Å². The van der Waals surface area contributed by atoms with Crippen LogP contribution in [0.5, 0.6) is 5.75 Å². The molecule has 5 rings (SSSR count). The largest absolute Gasteiger partial charge is 0.507 e. The Balaban J connectivity index is 1.43. The van der Waals surface area contributed by atoms with Crippen LogP contribution in [0.1, 0.15) is 33.2 Å². The number of pyridine rings is 1. The molecule has 0 saturated carbocycles. The van der Waals surface area contributed by atoms with Crippen molar-refractivity contribution in [2.45, 2.75) is 26.1 Å². The number of carbonyl (C=O) groups excluding carboxylic acids is 2. The Labute approximate surface area is 213 Å². The number of amides is 1. The summed E-state index contributed by atoms with van der Waals surface area (Å²) in [6.07, 6.45) is 3.32. The number of thiophene rings is 1. The first-order valence-corrected chi connectivity index (χ1v) is 12.4. The highest BCUT2D eigenvalue weighted by Gasteiger charge is 2.46. The van der Waals surface area contributed by atoms with Gasteiger partial charge in [0.2, 0.25) is 0 Å². The standard InChI is InChI=1S/C29H24N2O4S/c1-19-5-2-6-20(15-19)18-35-23-11-9-22(10-12-23)27(32)25-26(24-8-4-14-36-24)31(29(34)28(25)33)17-21-7-3-13-30-16-21/h2-16,26,32H,17-18H2,1H3/b27-25-. The lowest BCUT2D eigenvalue weighted by atomic mass is 9.99. The van der Waals surface area contributed by atoms with Crippen molar-refractivity contribution >= 4 is 28.8 Å². The number of Topliss-reactive ketones (excluding diaryl/α,β-unsaturated/α-hetero) is 1. The van der Waals surface area contributed by atoms with E-state index in [0.29, 0.717) is 17.9 Å². The molecule has 0 spiro atoms. The molecule has 0 bridgehead atoms. The molecule has 2 aromatic heterocycles. The van der Waals surface area contributed by atoms with E-state index in [9.17, 15) is 14.7 Å². The highest BCUT2D eigenvalue weighted by atomic mass is 32.1. The van der Waals surface area contributed by atoms with Gasteiger partial charge in [-0.2, -0.15) is 0 Å². The molecular formula is C29H24N2O4S. The summed E-state index contributed by atoms with van der Waals surface area (Å²) in [5.41, 5.74) is 3.55. The number of hydrogen-bond acceptors (Lipinski definition) is 6. The molecule has 0 aliphatic carbocycles. The first kappa shape index (κ1) is 23.5. The van der Waals surface area contributed by atoms with Gasteiger partial charge in [-0.25, -0.2) is 0 Å². The summed E-state index contributed by atoms with van der Waals surface area (Å²) in [4.78, 5) is 32.6. The van der Waals surface area contributed by atoms with Crippen LogP contribution >= 0.6 is 11.3 Å². The minimum absolute atomic E-state index is 0.0831. The van der Waals surface area contributed by atoms with E-state index in [0.717, 1.165) is 21.6 Å². The molecule has 1 atom stereocenters. The van der Waals surface area contributed by atoms with Gasteiger partial charge in [-0.05, 0) is 59.8 Å². The molecule has 1 aliphatic rings. The number of ether oxygens (including phenoxy) is 1. The fourth-order valence-corrected chi connectivity index (χ4v) is 5.15. The third-order valence-electron chi connectivity index (χ3n) is 6.04. The zero-order valence-electron chi connectivity index (χ0n) is 19.6. The molecule has 1 amide bonds. The lowest BCUT2D eigenvalue weighted by molar-refractivity contribution is -0.140. The summed E-state index contributed by atoms with van der Waals surface area (Å²) in [7, 11) is 0. The van der Waals surface area contributed by atoms with E-state index in [1.54, 1.807) is 42.7 Å². The van der Waals surface area contributed by atoms with Crippen molar-refractivity contribution in [1.82, 2.24) is 9.88 Å². The van der Waals surface area contributed by atoms with Crippen molar-refractivity contribution in [3.63, 3.8) is 0 Å². The van der Waals surface area contributed by atoms with Gasteiger partial charge in [0.25, 0.3) is 11.7 Å². The van der Waals surface area contributed by atoms with E-state index in [-0.39, 0.29) is 17.9 Å². The molecule has 180 valence electrons. The van der Waals surface area contributed by atoms with Gasteiger partial charge in [0.15, 0.2) is 0 Å². The number of carbonyl (C=O) groups is 2. The summed E-state index contributed by atoms with van der Waals surface area (Å²) in [5, 5.41) is 13.1. The zero-order chi connectivity index (χ0) is 25.1. The van der Waals surface area contributed by atoms with Gasteiger partial charge in [0, 0.05) is 29.4 Å². The maximum absolute atomic E-state index is 13.1. The summed E-state index contributed by atoms with van der Waals surface area (Å²) < 4.78 is 5.88. The second kappa shape index (κ2) is 10.2. The summed E-state index contributed by atoms with van der Waals surface area (Å²) >= 11 is 1.44. The number of aliphatic hydroxyl groups excluding tert-OH is 1. The Morgan fingerprint density at radius 2 is 1.83 bits per heavy atom. The number of likely N-dealkylation sites (tertiary alicyclic amines) is 1. The van der Waals surface area contributed by atoms with Crippen LogP contribution in [0.3, 0.4) is 0 Å². The van der Waals surface area contributed by atoms with Gasteiger partial charge < -0.3 is 14.7 Å². The monoisotopic (exact) mass is 496 g/mol. The van der Waals surface area contributed by atoms with Crippen LogP contribution in [0.25, 0.3) is 5.76 Å². The van der Waals surface area contributed by atoms with Crippen molar-refractivity contribution < 1.29 is 19.4 Å². The minimum Gasteiger partial charge on any atom is -0.507 e. The molecule has 2 aromatic carbocycles. The Bertz CT molecular complexity index is 1410. The van der Waals surface area contributed by atoms with Gasteiger partial charge in [0.1, 0.15) is 18.1 Å². The zero-order valence-corrected chi connectivity index (χ0v) is 20.4. The molecule has 1 aliphatic heterocycles. The lowest BCUT2D eigenvalue weighted by Gasteiger charge is -2.24. The maximum Gasteiger partial charge on any atom is 0.295 e. The third-order valence-corrected chi connectivity index (χ3v) is 6.97. The first-order chi connectivity index (χ1) is 17.5. The summed E-state index contributed by atoms with van der Waals surface area (Å²) in [5.74, 6) is -0.906. The highest BCUT2D eigenvalue weighted by Crippen LogP contribution is 2.42. The molecule has 36 heavy (non-hydrogen) atoms. The summed E-state index contributed by atoms with van der Waals surface area (Å²) in [6.45, 7) is 2.67. The van der Waals surface area contributed by atoms with Gasteiger partial charge in [-0.1, -0.05) is 42.0 Å². The molecule has 4 aromatic rings. The number of ketones is 1. The first-order valence-electron chi connectivity index (χ1n) is 11.5. The quantitative estimate of drug-likeness (QED) is 0.203. The smallest absolute Gasteiger partial charge is 0.295 e. The van der Waals surface area contributed by atoms with Crippen LogP contribution in [0, 0.1) is 6.92 Å². The number of benzene rings is 2. The van der Waals surface area contributed by atoms with E-state index in [2.05, 4.69) is 11.1 Å². The average Bonchev–Trinajstić information content (AvgIpc) is 3.51. The van der Waals surface area contributed by atoms with Crippen LogP contribution in [0.4, 0.5) is 0 Å². The number of aryl methyl sites for hydroxylation is 1. The van der Waals surface area contributed by atoms with Gasteiger partial charge in [0.05, 0.1) is 11.6 Å². The van der Waals surface area contributed by atoms with E-state index in [4.69, 9.17) is 4.74 Å². The maximum atomic E-state index is 13.1. The van der Waals surface area contributed by atoms with E-state index >= 15 is 0 Å². The number of rotatable bonds is 7. The Morgan fingerprint density at radius 1 is 1.03 bits per heavy atom. The normalized spacial score (nSPS) is 16.9. The minimum atomic E-state index is -0.699. The molecule has 1 N–H and O–H groups in total. The summed E-state index contributed by atoms with van der Waals surface area (Å²) in [6, 6.07) is 21.7. The molecule has 7 heteroatoms.